The van der Waals surface area contributed by atoms with Gasteiger partial charge in [0.2, 0.25) is 5.91 Å². The molecule has 0 bridgehead atoms. The minimum absolute atomic E-state index is 0.203. The number of imide groups is 1. The van der Waals surface area contributed by atoms with Crippen molar-refractivity contribution in [1.29, 1.82) is 0 Å². The second-order valence-electron chi connectivity index (χ2n) is 7.35. The van der Waals surface area contributed by atoms with Crippen LogP contribution in [0.3, 0.4) is 0 Å². The molecule has 8 nitrogen and oxygen atoms in total. The Kier molecular flexibility index (Phi) is 5.02. The van der Waals surface area contributed by atoms with Gasteiger partial charge in [0, 0.05) is 18.8 Å². The van der Waals surface area contributed by atoms with Crippen LogP contribution in [0.4, 0.5) is 10.2 Å². The number of carbonyl (C=O) groups excluding carboxylic acids is 3. The molecular weight excluding hydrogens is 401 g/mol. The number of amides is 3. The van der Waals surface area contributed by atoms with E-state index in [9.17, 15) is 18.8 Å². The lowest BCUT2D eigenvalue weighted by molar-refractivity contribution is -0.117. The SMILES string of the molecule is Cc1cc2c(c([C@H](C)C(=O)Nc3ccc(-c4cncc(F)c4)nn3)c1)C(=O)N(C)C2=O. The van der Waals surface area contributed by atoms with Crippen molar-refractivity contribution in [3.63, 3.8) is 0 Å². The Morgan fingerprint density at radius 2 is 1.87 bits per heavy atom. The number of nitrogens with one attached hydrogen (secondary N) is 1. The van der Waals surface area contributed by atoms with Crippen molar-refractivity contribution in [1.82, 2.24) is 20.1 Å². The van der Waals surface area contributed by atoms with E-state index in [2.05, 4.69) is 20.5 Å². The van der Waals surface area contributed by atoms with E-state index in [-0.39, 0.29) is 17.3 Å². The highest BCUT2D eigenvalue weighted by atomic mass is 19.1. The molecule has 3 heterocycles. The third-order valence-electron chi connectivity index (χ3n) is 5.14. The molecule has 1 aromatic carbocycles. The number of carbonyl (C=O) groups is 3. The number of rotatable bonds is 4. The minimum atomic E-state index is -0.717. The fourth-order valence-electron chi connectivity index (χ4n) is 3.48. The smallest absolute Gasteiger partial charge is 0.261 e. The van der Waals surface area contributed by atoms with Gasteiger partial charge in [-0.05, 0) is 49.2 Å². The molecule has 0 saturated carbocycles. The molecule has 3 aromatic rings. The maximum Gasteiger partial charge on any atom is 0.261 e. The average Bonchev–Trinajstić information content (AvgIpc) is 2.97. The van der Waals surface area contributed by atoms with E-state index >= 15 is 0 Å². The zero-order chi connectivity index (χ0) is 22.3. The Bertz CT molecular complexity index is 1230. The first-order valence-electron chi connectivity index (χ1n) is 9.48. The van der Waals surface area contributed by atoms with Gasteiger partial charge >= 0.3 is 0 Å². The maximum atomic E-state index is 13.3. The van der Waals surface area contributed by atoms with E-state index in [4.69, 9.17) is 0 Å². The maximum absolute atomic E-state index is 13.3. The van der Waals surface area contributed by atoms with Crippen LogP contribution in [0.25, 0.3) is 11.3 Å². The van der Waals surface area contributed by atoms with Crippen LogP contribution >= 0.6 is 0 Å². The summed E-state index contributed by atoms with van der Waals surface area (Å²) in [5.74, 6) is -2.22. The number of anilines is 1. The van der Waals surface area contributed by atoms with Gasteiger partial charge in [-0.2, -0.15) is 0 Å². The molecule has 1 aliphatic heterocycles. The first-order chi connectivity index (χ1) is 14.8. The molecule has 9 heteroatoms. The molecule has 1 N–H and O–H groups in total. The van der Waals surface area contributed by atoms with Crippen molar-refractivity contribution in [2.45, 2.75) is 19.8 Å². The van der Waals surface area contributed by atoms with E-state index in [1.807, 2.05) is 0 Å². The van der Waals surface area contributed by atoms with Crippen molar-refractivity contribution in [2.75, 3.05) is 12.4 Å². The normalized spacial score (nSPS) is 13.9. The lowest BCUT2D eigenvalue weighted by Crippen LogP contribution is -2.25. The summed E-state index contributed by atoms with van der Waals surface area (Å²) in [4.78, 5) is 42.5. The summed E-state index contributed by atoms with van der Waals surface area (Å²) < 4.78 is 13.3. The highest BCUT2D eigenvalue weighted by molar-refractivity contribution is 6.22. The van der Waals surface area contributed by atoms with Crippen LogP contribution in [0.15, 0.2) is 42.7 Å². The van der Waals surface area contributed by atoms with E-state index in [1.54, 1.807) is 38.1 Å². The van der Waals surface area contributed by atoms with E-state index in [0.29, 0.717) is 22.4 Å². The van der Waals surface area contributed by atoms with Gasteiger partial charge in [-0.1, -0.05) is 6.07 Å². The fraction of sp³-hybridized carbons (Fsp3) is 0.182. The number of aryl methyl sites for hydroxylation is 1. The van der Waals surface area contributed by atoms with E-state index < -0.39 is 23.5 Å². The third kappa shape index (κ3) is 3.65. The molecule has 0 aliphatic carbocycles. The average molecular weight is 419 g/mol. The van der Waals surface area contributed by atoms with Crippen molar-refractivity contribution in [2.24, 2.45) is 0 Å². The van der Waals surface area contributed by atoms with Crippen LogP contribution in [-0.2, 0) is 4.79 Å². The van der Waals surface area contributed by atoms with Gasteiger partial charge in [-0.15, -0.1) is 10.2 Å². The first kappa shape index (κ1) is 20.3. The number of fused-ring (bicyclic) bond motifs is 1. The number of hydrogen-bond donors (Lipinski definition) is 1. The minimum Gasteiger partial charge on any atom is -0.309 e. The van der Waals surface area contributed by atoms with Gasteiger partial charge in [0.25, 0.3) is 11.8 Å². The van der Waals surface area contributed by atoms with Crippen LogP contribution < -0.4 is 5.32 Å². The number of nitrogens with zero attached hydrogens (tertiary/aromatic N) is 4. The van der Waals surface area contributed by atoms with E-state index in [1.165, 1.54) is 19.3 Å². The lowest BCUT2D eigenvalue weighted by atomic mass is 9.90. The lowest BCUT2D eigenvalue weighted by Gasteiger charge is -2.15. The molecule has 31 heavy (non-hydrogen) atoms. The van der Waals surface area contributed by atoms with Crippen LogP contribution in [0.2, 0.25) is 0 Å². The van der Waals surface area contributed by atoms with Gasteiger partial charge in [-0.3, -0.25) is 24.3 Å². The van der Waals surface area contributed by atoms with Gasteiger partial charge in [0.15, 0.2) is 5.82 Å². The standard InChI is InChI=1S/C22H18FN5O3/c1-11-6-15(19-16(7-11)21(30)28(3)22(19)31)12(2)20(29)25-18-5-4-17(26-27-18)13-8-14(23)10-24-9-13/h4-10,12H,1-3H3,(H,25,27,29)/t12-/m0/s1. The Morgan fingerprint density at radius 1 is 1.10 bits per heavy atom. The zero-order valence-electron chi connectivity index (χ0n) is 17.0. The highest BCUT2D eigenvalue weighted by Crippen LogP contribution is 2.31. The second-order valence-corrected chi connectivity index (χ2v) is 7.35. The molecule has 1 aliphatic rings. The molecule has 4 rings (SSSR count). The Hall–Kier alpha value is -4.01. The fourth-order valence-corrected chi connectivity index (χ4v) is 3.48. The van der Waals surface area contributed by atoms with Crippen molar-refractivity contribution < 1.29 is 18.8 Å². The largest absolute Gasteiger partial charge is 0.309 e. The molecule has 3 amide bonds. The highest BCUT2D eigenvalue weighted by Gasteiger charge is 2.37. The summed E-state index contributed by atoms with van der Waals surface area (Å²) in [6.45, 7) is 3.45. The zero-order valence-corrected chi connectivity index (χ0v) is 17.0. The molecule has 0 unspecified atom stereocenters. The third-order valence-corrected chi connectivity index (χ3v) is 5.14. The molecule has 0 fully saturated rings. The summed E-state index contributed by atoms with van der Waals surface area (Å²) in [6.07, 6.45) is 2.55. The van der Waals surface area contributed by atoms with Crippen LogP contribution in [-0.4, -0.2) is 44.9 Å². The summed E-state index contributed by atoms with van der Waals surface area (Å²) >= 11 is 0. The Morgan fingerprint density at radius 3 is 2.55 bits per heavy atom. The summed E-state index contributed by atoms with van der Waals surface area (Å²) in [5, 5.41) is 10.6. The summed E-state index contributed by atoms with van der Waals surface area (Å²) in [5.41, 5.74) is 2.67. The quantitative estimate of drug-likeness (QED) is 0.652. The topological polar surface area (TPSA) is 105 Å². The summed E-state index contributed by atoms with van der Waals surface area (Å²) in [6, 6.07) is 7.80. The Labute approximate surface area is 177 Å². The van der Waals surface area contributed by atoms with Crippen molar-refractivity contribution >= 4 is 23.5 Å². The predicted octanol–water partition coefficient (Wildman–Crippen LogP) is 2.95. The van der Waals surface area contributed by atoms with Crippen molar-refractivity contribution in [3.05, 3.63) is 70.8 Å². The number of aromatic nitrogens is 3. The second kappa shape index (κ2) is 7.67. The molecule has 0 radical (unpaired) electrons. The monoisotopic (exact) mass is 419 g/mol. The molecular formula is C22H18FN5O3. The van der Waals surface area contributed by atoms with Gasteiger partial charge in [0.1, 0.15) is 5.82 Å². The predicted molar refractivity (Wildman–Crippen MR) is 110 cm³/mol. The van der Waals surface area contributed by atoms with Gasteiger partial charge in [-0.25, -0.2) is 4.39 Å². The van der Waals surface area contributed by atoms with Gasteiger partial charge in [0.05, 0.1) is 28.9 Å². The van der Waals surface area contributed by atoms with E-state index in [0.717, 1.165) is 16.7 Å². The molecule has 0 spiro atoms. The number of benzene rings is 1. The van der Waals surface area contributed by atoms with Crippen LogP contribution in [0, 0.1) is 12.7 Å². The molecule has 156 valence electrons. The number of hydrogen-bond acceptors (Lipinski definition) is 6. The Balaban J connectivity index is 1.57. The number of pyridine rings is 1. The molecule has 2 aromatic heterocycles. The summed E-state index contributed by atoms with van der Waals surface area (Å²) in [7, 11) is 1.42. The first-order valence-corrected chi connectivity index (χ1v) is 9.48. The van der Waals surface area contributed by atoms with Crippen LogP contribution in [0.5, 0.6) is 0 Å². The van der Waals surface area contributed by atoms with Crippen molar-refractivity contribution in [3.8, 4) is 11.3 Å². The number of halogens is 1. The van der Waals surface area contributed by atoms with Gasteiger partial charge < -0.3 is 5.32 Å². The molecule has 0 saturated heterocycles. The molecule has 1 atom stereocenters. The van der Waals surface area contributed by atoms with Crippen LogP contribution in [0.1, 0.15) is 44.7 Å².